The molecule has 34 heavy (non-hydrogen) atoms. The first-order chi connectivity index (χ1) is 16.4. The summed E-state index contributed by atoms with van der Waals surface area (Å²) in [6.07, 6.45) is 14.9. The maximum atomic E-state index is 13.2. The average Bonchev–Trinajstić information content (AvgIpc) is 2.83. The van der Waals surface area contributed by atoms with E-state index in [9.17, 15) is 9.59 Å². The molecule has 0 spiro atoms. The molecule has 0 radical (unpaired) electrons. The fourth-order valence-corrected chi connectivity index (χ4v) is 7.82. The molecule has 4 bridgehead atoms. The molecule has 0 saturated heterocycles. The van der Waals surface area contributed by atoms with Crippen molar-refractivity contribution < 1.29 is 23.8 Å². The number of carbonyl (C=O) groups is 2. The van der Waals surface area contributed by atoms with Gasteiger partial charge in [-0.05, 0) is 105 Å². The van der Waals surface area contributed by atoms with E-state index in [2.05, 4.69) is 19.1 Å². The van der Waals surface area contributed by atoms with Crippen molar-refractivity contribution >= 4 is 11.9 Å². The molecule has 2 unspecified atom stereocenters. The third kappa shape index (κ3) is 4.02. The van der Waals surface area contributed by atoms with Gasteiger partial charge >= 0.3 is 11.9 Å². The van der Waals surface area contributed by atoms with Crippen molar-refractivity contribution in [1.29, 1.82) is 0 Å². The Morgan fingerprint density at radius 3 is 2.09 bits per heavy atom. The summed E-state index contributed by atoms with van der Waals surface area (Å²) in [6, 6.07) is 6.52. The number of ether oxygens (including phenoxy) is 3. The van der Waals surface area contributed by atoms with E-state index in [1.165, 1.54) is 38.5 Å². The number of esters is 2. The van der Waals surface area contributed by atoms with Crippen molar-refractivity contribution in [2.45, 2.75) is 64.4 Å². The van der Waals surface area contributed by atoms with Gasteiger partial charge in [0.2, 0.25) is 0 Å². The van der Waals surface area contributed by atoms with E-state index >= 15 is 0 Å². The zero-order valence-corrected chi connectivity index (χ0v) is 20.5. The topological polar surface area (TPSA) is 61.8 Å². The lowest BCUT2D eigenvalue weighted by atomic mass is 9.44. The molecule has 5 nitrogen and oxygen atoms in total. The Morgan fingerprint density at radius 2 is 1.56 bits per heavy atom. The zero-order valence-electron chi connectivity index (χ0n) is 20.5. The fraction of sp³-hybridized carbons (Fsp3) is 0.586. The summed E-state index contributed by atoms with van der Waals surface area (Å²) in [5, 5.41) is 0. The van der Waals surface area contributed by atoms with Crippen molar-refractivity contribution in [3.05, 3.63) is 53.6 Å². The number of methoxy groups -OCH3 is 1. The average molecular weight is 465 g/mol. The molecule has 0 amide bonds. The minimum Gasteiger partial charge on any atom is -0.462 e. The number of hydrogen-bond donors (Lipinski definition) is 0. The zero-order chi connectivity index (χ0) is 23.9. The van der Waals surface area contributed by atoms with Gasteiger partial charge in [0.1, 0.15) is 5.75 Å². The van der Waals surface area contributed by atoms with Crippen LogP contribution in [-0.4, -0.2) is 31.3 Å². The molecule has 5 aliphatic rings. The van der Waals surface area contributed by atoms with Crippen LogP contribution in [0.1, 0.15) is 69.2 Å². The molecule has 0 N–H and O–H groups in total. The van der Waals surface area contributed by atoms with Crippen LogP contribution in [0.4, 0.5) is 0 Å². The van der Waals surface area contributed by atoms with Crippen molar-refractivity contribution in [1.82, 2.24) is 0 Å². The van der Waals surface area contributed by atoms with Gasteiger partial charge in [-0.2, -0.15) is 0 Å². The Bertz CT molecular complexity index is 963. The van der Waals surface area contributed by atoms with Gasteiger partial charge < -0.3 is 14.2 Å². The molecule has 5 aliphatic carbocycles. The molecule has 1 aromatic rings. The molecule has 1 aromatic carbocycles. The van der Waals surface area contributed by atoms with Crippen LogP contribution in [0.2, 0.25) is 0 Å². The third-order valence-electron chi connectivity index (χ3n) is 8.91. The van der Waals surface area contributed by atoms with E-state index in [0.29, 0.717) is 23.5 Å². The number of carbonyl (C=O) groups excluding carboxylic acids is 2. The van der Waals surface area contributed by atoms with Crippen LogP contribution in [0.3, 0.4) is 0 Å². The Morgan fingerprint density at radius 1 is 0.941 bits per heavy atom. The van der Waals surface area contributed by atoms with Crippen molar-refractivity contribution in [3.8, 4) is 5.75 Å². The minimum absolute atomic E-state index is 0.169. The van der Waals surface area contributed by atoms with E-state index in [-0.39, 0.29) is 28.9 Å². The lowest BCUT2D eigenvalue weighted by molar-refractivity contribution is -0.136. The highest BCUT2D eigenvalue weighted by atomic mass is 16.5. The Labute approximate surface area is 202 Å². The smallest absolute Gasteiger partial charge is 0.343 e. The van der Waals surface area contributed by atoms with E-state index < -0.39 is 0 Å². The SMILES string of the molecule is CCOC(=O)c1ccc(OC(=O)C2=CC(C34CC5CC(CC(C5)C3)C4)C(CC)(OC)C=C2)cc1. The second-order valence-corrected chi connectivity index (χ2v) is 10.9. The van der Waals surface area contributed by atoms with Crippen molar-refractivity contribution in [2.24, 2.45) is 29.1 Å². The lowest BCUT2D eigenvalue weighted by Gasteiger charge is -2.62. The summed E-state index contributed by atoms with van der Waals surface area (Å²) >= 11 is 0. The first-order valence-electron chi connectivity index (χ1n) is 12.9. The predicted molar refractivity (Wildman–Crippen MR) is 129 cm³/mol. The van der Waals surface area contributed by atoms with Gasteiger partial charge in [0.25, 0.3) is 0 Å². The molecular weight excluding hydrogens is 428 g/mol. The third-order valence-corrected chi connectivity index (χ3v) is 8.91. The van der Waals surface area contributed by atoms with Crippen LogP contribution in [0.25, 0.3) is 0 Å². The van der Waals surface area contributed by atoms with E-state index in [0.717, 1.165) is 24.2 Å². The number of benzene rings is 1. The largest absolute Gasteiger partial charge is 0.462 e. The Hall–Kier alpha value is -2.40. The number of rotatable bonds is 7. The molecule has 4 fully saturated rings. The van der Waals surface area contributed by atoms with Crippen LogP contribution >= 0.6 is 0 Å². The molecule has 182 valence electrons. The van der Waals surface area contributed by atoms with Crippen molar-refractivity contribution in [3.63, 3.8) is 0 Å². The molecule has 0 heterocycles. The van der Waals surface area contributed by atoms with Gasteiger partial charge in [-0.15, -0.1) is 0 Å². The summed E-state index contributed by atoms with van der Waals surface area (Å²) in [5.41, 5.74) is 0.860. The van der Waals surface area contributed by atoms with Crippen LogP contribution in [0.5, 0.6) is 5.75 Å². The van der Waals surface area contributed by atoms with Gasteiger partial charge in [-0.3, -0.25) is 0 Å². The maximum absolute atomic E-state index is 13.2. The predicted octanol–water partition coefficient (Wildman–Crippen LogP) is 5.89. The summed E-state index contributed by atoms with van der Waals surface area (Å²) in [7, 11) is 1.81. The van der Waals surface area contributed by atoms with Gasteiger partial charge in [-0.25, -0.2) is 9.59 Å². The monoisotopic (exact) mass is 464 g/mol. The highest BCUT2D eigenvalue weighted by Gasteiger charge is 2.58. The number of hydrogen-bond acceptors (Lipinski definition) is 5. The standard InChI is InChI=1S/C29H36O5/c1-4-29(32-3)11-10-23(27(31)34-24-8-6-22(7-9-24)26(30)33-5-2)15-25(29)28-16-19-12-20(17-28)14-21(13-19)18-28/h6-11,15,19-21,25H,4-5,12-14,16-18H2,1-3H3. The molecule has 0 aromatic heterocycles. The summed E-state index contributed by atoms with van der Waals surface area (Å²) in [6.45, 7) is 4.28. The highest BCUT2D eigenvalue weighted by molar-refractivity contribution is 5.94. The van der Waals surface area contributed by atoms with Gasteiger partial charge in [0.15, 0.2) is 0 Å². The molecule has 6 rings (SSSR count). The van der Waals surface area contributed by atoms with Crippen LogP contribution in [-0.2, 0) is 14.3 Å². The second-order valence-electron chi connectivity index (χ2n) is 10.9. The lowest BCUT2D eigenvalue weighted by Crippen LogP contribution is -2.56. The molecule has 4 saturated carbocycles. The molecule has 0 aliphatic heterocycles. The van der Waals surface area contributed by atoms with E-state index in [1.54, 1.807) is 31.2 Å². The van der Waals surface area contributed by atoms with E-state index in [1.807, 2.05) is 13.2 Å². The Kier molecular flexibility index (Phi) is 6.18. The highest BCUT2D eigenvalue weighted by Crippen LogP contribution is 2.65. The normalized spacial score (nSPS) is 35.7. The van der Waals surface area contributed by atoms with Crippen LogP contribution in [0.15, 0.2) is 48.1 Å². The minimum atomic E-state index is -0.382. The first kappa shape index (κ1) is 23.3. The first-order valence-corrected chi connectivity index (χ1v) is 12.9. The Balaban J connectivity index is 1.39. The fourth-order valence-electron chi connectivity index (χ4n) is 7.82. The van der Waals surface area contributed by atoms with E-state index in [4.69, 9.17) is 14.2 Å². The van der Waals surface area contributed by atoms with Crippen LogP contribution < -0.4 is 4.74 Å². The second kappa shape index (κ2) is 8.99. The van der Waals surface area contributed by atoms with Gasteiger partial charge in [-0.1, -0.05) is 19.1 Å². The molecule has 2 atom stereocenters. The summed E-state index contributed by atoms with van der Waals surface area (Å²) in [5.74, 6) is 2.31. The van der Waals surface area contributed by atoms with Gasteiger partial charge in [0.05, 0.1) is 23.3 Å². The van der Waals surface area contributed by atoms with Gasteiger partial charge in [0, 0.05) is 13.0 Å². The summed E-state index contributed by atoms with van der Waals surface area (Å²) < 4.78 is 16.9. The molecular formula is C29H36O5. The van der Waals surface area contributed by atoms with Crippen molar-refractivity contribution in [2.75, 3.05) is 13.7 Å². The summed E-state index contributed by atoms with van der Waals surface area (Å²) in [4.78, 5) is 25.1. The quantitative estimate of drug-likeness (QED) is 0.372. The van der Waals surface area contributed by atoms with Crippen LogP contribution in [0, 0.1) is 29.1 Å². The molecule has 5 heteroatoms. The maximum Gasteiger partial charge on any atom is 0.343 e.